The highest BCUT2D eigenvalue weighted by Gasteiger charge is 2.49. The van der Waals surface area contributed by atoms with Crippen LogP contribution in [0.4, 0.5) is 0 Å². The summed E-state index contributed by atoms with van der Waals surface area (Å²) >= 11 is 0. The fraction of sp³-hybridized carbons (Fsp3) is 0.842. The van der Waals surface area contributed by atoms with Crippen LogP contribution in [0.2, 0.25) is 0 Å². The fourth-order valence-electron chi connectivity index (χ4n) is 5.42. The lowest BCUT2D eigenvalue weighted by atomic mass is 9.79. The van der Waals surface area contributed by atoms with Gasteiger partial charge in [-0.05, 0) is 63.5 Å². The molecule has 0 N–H and O–H groups in total. The molecule has 22 heavy (non-hydrogen) atoms. The van der Waals surface area contributed by atoms with E-state index in [4.69, 9.17) is 0 Å². The Balaban J connectivity index is 1.53. The molecule has 0 aromatic heterocycles. The molecule has 4 rings (SSSR count). The summed E-state index contributed by atoms with van der Waals surface area (Å²) in [4.78, 5) is 18.3. The molecule has 1 amide bonds. The minimum atomic E-state index is -0.129. The van der Waals surface area contributed by atoms with Crippen molar-refractivity contribution in [1.82, 2.24) is 9.80 Å². The molecule has 2 aliphatic heterocycles. The molecule has 0 bridgehead atoms. The lowest BCUT2D eigenvalue weighted by molar-refractivity contribution is -0.145. The molecule has 2 aliphatic carbocycles. The van der Waals surface area contributed by atoms with Crippen molar-refractivity contribution in [3.8, 4) is 0 Å². The van der Waals surface area contributed by atoms with Crippen LogP contribution in [-0.4, -0.2) is 47.4 Å². The molecule has 0 unspecified atom stereocenters. The third-order valence-corrected chi connectivity index (χ3v) is 6.70. The molecule has 2 heterocycles. The van der Waals surface area contributed by atoms with Crippen molar-refractivity contribution >= 4 is 5.91 Å². The minimum absolute atomic E-state index is 0.129. The van der Waals surface area contributed by atoms with Gasteiger partial charge in [0.05, 0.1) is 0 Å². The van der Waals surface area contributed by atoms with E-state index in [0.717, 1.165) is 50.9 Å². The molecule has 0 radical (unpaired) electrons. The maximum atomic E-state index is 13.5. The third kappa shape index (κ3) is 2.42. The van der Waals surface area contributed by atoms with E-state index in [9.17, 15) is 4.79 Å². The summed E-state index contributed by atoms with van der Waals surface area (Å²) in [6, 6.07) is 0. The van der Waals surface area contributed by atoms with Crippen LogP contribution in [-0.2, 0) is 4.79 Å². The highest BCUT2D eigenvalue weighted by Crippen LogP contribution is 2.40. The summed E-state index contributed by atoms with van der Waals surface area (Å²) in [6.07, 6.45) is 15.6. The van der Waals surface area contributed by atoms with Crippen molar-refractivity contribution in [3.05, 3.63) is 12.2 Å². The number of carbonyl (C=O) groups excluding carboxylic acids is 1. The van der Waals surface area contributed by atoms with Crippen molar-refractivity contribution in [2.75, 3.05) is 26.2 Å². The Morgan fingerprint density at radius 3 is 2.05 bits per heavy atom. The van der Waals surface area contributed by atoms with Crippen molar-refractivity contribution in [2.45, 2.75) is 63.3 Å². The molecule has 0 spiro atoms. The number of carbonyl (C=O) groups is 1. The number of rotatable bonds is 2. The van der Waals surface area contributed by atoms with Crippen molar-refractivity contribution in [3.63, 3.8) is 0 Å². The van der Waals surface area contributed by atoms with E-state index in [0.29, 0.717) is 5.91 Å². The smallest absolute Gasteiger partial charge is 0.243 e. The van der Waals surface area contributed by atoms with E-state index in [1.54, 1.807) is 0 Å². The maximum Gasteiger partial charge on any atom is 0.243 e. The molecule has 3 nitrogen and oxygen atoms in total. The molecule has 3 fully saturated rings. The van der Waals surface area contributed by atoms with E-state index < -0.39 is 0 Å². The summed E-state index contributed by atoms with van der Waals surface area (Å²) in [5.41, 5.74) is -0.129. The molecule has 0 aromatic carbocycles. The third-order valence-electron chi connectivity index (χ3n) is 6.70. The number of hydrogen-bond donors (Lipinski definition) is 0. The van der Waals surface area contributed by atoms with E-state index in [2.05, 4.69) is 22.0 Å². The van der Waals surface area contributed by atoms with Gasteiger partial charge >= 0.3 is 0 Å². The number of nitrogens with zero attached hydrogens (tertiary/aromatic N) is 2. The van der Waals surface area contributed by atoms with Crippen LogP contribution in [0, 0.1) is 11.8 Å². The minimum Gasteiger partial charge on any atom is -0.340 e. The first-order valence-corrected chi connectivity index (χ1v) is 9.49. The van der Waals surface area contributed by atoms with Gasteiger partial charge in [-0.3, -0.25) is 9.69 Å². The standard InChI is InChI=1S/C19H30N2O/c22-18(20-14-16-8-2-3-9-17(16)15-20)19(10-4-1-5-11-19)21-12-6-7-13-21/h2-3,16-17H,1,4-15H2/t16-,17+. The molecule has 2 atom stereocenters. The number of allylic oxidation sites excluding steroid dienone is 2. The van der Waals surface area contributed by atoms with Crippen LogP contribution < -0.4 is 0 Å². The van der Waals surface area contributed by atoms with Gasteiger partial charge in [-0.2, -0.15) is 0 Å². The van der Waals surface area contributed by atoms with Crippen LogP contribution in [0.1, 0.15) is 57.8 Å². The van der Waals surface area contributed by atoms with Gasteiger partial charge in [-0.15, -0.1) is 0 Å². The number of likely N-dealkylation sites (tertiary alicyclic amines) is 2. The topological polar surface area (TPSA) is 23.6 Å². The Morgan fingerprint density at radius 2 is 1.45 bits per heavy atom. The lowest BCUT2D eigenvalue weighted by Crippen LogP contribution is -2.59. The molecule has 4 aliphatic rings. The highest BCUT2D eigenvalue weighted by molar-refractivity contribution is 5.87. The largest absolute Gasteiger partial charge is 0.340 e. The van der Waals surface area contributed by atoms with Gasteiger partial charge in [0.15, 0.2) is 0 Å². The predicted octanol–water partition coefficient (Wildman–Crippen LogP) is 3.21. The second-order valence-electron chi connectivity index (χ2n) is 7.96. The van der Waals surface area contributed by atoms with Gasteiger partial charge in [0.25, 0.3) is 0 Å². The van der Waals surface area contributed by atoms with Gasteiger partial charge in [-0.1, -0.05) is 31.4 Å². The summed E-state index contributed by atoms with van der Waals surface area (Å²) in [7, 11) is 0. The van der Waals surface area contributed by atoms with Gasteiger partial charge < -0.3 is 4.90 Å². The van der Waals surface area contributed by atoms with Crippen LogP contribution >= 0.6 is 0 Å². The molecule has 3 heteroatoms. The second-order valence-corrected chi connectivity index (χ2v) is 7.96. The summed E-state index contributed by atoms with van der Waals surface area (Å²) < 4.78 is 0. The average molecular weight is 302 g/mol. The Hall–Kier alpha value is -0.830. The Bertz CT molecular complexity index is 430. The number of hydrogen-bond acceptors (Lipinski definition) is 2. The lowest BCUT2D eigenvalue weighted by Gasteiger charge is -2.45. The summed E-state index contributed by atoms with van der Waals surface area (Å²) in [6.45, 7) is 4.33. The summed E-state index contributed by atoms with van der Waals surface area (Å²) in [5, 5.41) is 0. The van der Waals surface area contributed by atoms with E-state index in [1.165, 1.54) is 44.9 Å². The van der Waals surface area contributed by atoms with Crippen LogP contribution in [0.15, 0.2) is 12.2 Å². The van der Waals surface area contributed by atoms with Gasteiger partial charge in [-0.25, -0.2) is 0 Å². The monoisotopic (exact) mass is 302 g/mol. The van der Waals surface area contributed by atoms with E-state index in [-0.39, 0.29) is 5.54 Å². The van der Waals surface area contributed by atoms with Gasteiger partial charge in [0.2, 0.25) is 5.91 Å². The first kappa shape index (κ1) is 14.7. The molecule has 1 saturated carbocycles. The first-order valence-electron chi connectivity index (χ1n) is 9.49. The molecule has 2 saturated heterocycles. The summed E-state index contributed by atoms with van der Waals surface area (Å²) in [5.74, 6) is 1.95. The van der Waals surface area contributed by atoms with Crippen LogP contribution in [0.25, 0.3) is 0 Å². The van der Waals surface area contributed by atoms with Crippen molar-refractivity contribution in [1.29, 1.82) is 0 Å². The highest BCUT2D eigenvalue weighted by atomic mass is 16.2. The normalized spacial score (nSPS) is 34.8. The predicted molar refractivity (Wildman–Crippen MR) is 88.6 cm³/mol. The molecule has 122 valence electrons. The zero-order valence-electron chi connectivity index (χ0n) is 13.8. The van der Waals surface area contributed by atoms with E-state index >= 15 is 0 Å². The Labute approximate surface area is 134 Å². The van der Waals surface area contributed by atoms with Crippen LogP contribution in [0.3, 0.4) is 0 Å². The first-order chi connectivity index (χ1) is 10.8. The van der Waals surface area contributed by atoms with Crippen molar-refractivity contribution in [2.24, 2.45) is 11.8 Å². The number of amides is 1. The van der Waals surface area contributed by atoms with Crippen LogP contribution in [0.5, 0.6) is 0 Å². The average Bonchev–Trinajstić information content (AvgIpc) is 3.24. The fourth-order valence-corrected chi connectivity index (χ4v) is 5.42. The molecular weight excluding hydrogens is 272 g/mol. The van der Waals surface area contributed by atoms with Gasteiger partial charge in [0.1, 0.15) is 5.54 Å². The zero-order chi connectivity index (χ0) is 15.0. The molecular formula is C19H30N2O. The quantitative estimate of drug-likeness (QED) is 0.731. The maximum absolute atomic E-state index is 13.5. The Kier molecular flexibility index (Phi) is 4.02. The Morgan fingerprint density at radius 1 is 0.864 bits per heavy atom. The second kappa shape index (κ2) is 5.99. The van der Waals surface area contributed by atoms with Crippen molar-refractivity contribution < 1.29 is 4.79 Å². The zero-order valence-corrected chi connectivity index (χ0v) is 13.8. The van der Waals surface area contributed by atoms with E-state index in [1.807, 2.05) is 0 Å². The number of fused-ring (bicyclic) bond motifs is 1. The molecule has 0 aromatic rings. The SMILES string of the molecule is O=C(N1C[C@H]2CC=CC[C@H]2C1)C1(N2CCCC2)CCCCC1. The van der Waals surface area contributed by atoms with Gasteiger partial charge in [0, 0.05) is 13.1 Å².